The maximum absolute atomic E-state index is 13.1. The number of nitrogens with zero attached hydrogens (tertiary/aromatic N) is 1. The van der Waals surface area contributed by atoms with Crippen molar-refractivity contribution < 1.29 is 32.2 Å². The van der Waals surface area contributed by atoms with E-state index in [1.807, 2.05) is 0 Å². The SMILES string of the molecule is CNC(=O)c1cc(Oc2cccc(-c3c[nH]c(C(=O)Nc4cc(C(F)(F)F)ccc4OC)c3)c2)ccn1. The zero-order chi connectivity index (χ0) is 26.6. The van der Waals surface area contributed by atoms with Crippen molar-refractivity contribution >= 4 is 17.5 Å². The van der Waals surface area contributed by atoms with Crippen LogP contribution in [0.4, 0.5) is 18.9 Å². The van der Waals surface area contributed by atoms with Crippen LogP contribution in [-0.2, 0) is 6.18 Å². The van der Waals surface area contributed by atoms with Crippen LogP contribution in [0.25, 0.3) is 11.1 Å². The molecule has 3 N–H and O–H groups in total. The van der Waals surface area contributed by atoms with Crippen molar-refractivity contribution in [3.63, 3.8) is 0 Å². The molecular formula is C26H21F3N4O4. The van der Waals surface area contributed by atoms with Crippen molar-refractivity contribution in [2.24, 2.45) is 0 Å². The summed E-state index contributed by atoms with van der Waals surface area (Å²) in [5.41, 5.74) is 0.670. The highest BCUT2D eigenvalue weighted by Gasteiger charge is 2.31. The normalized spacial score (nSPS) is 11.1. The maximum atomic E-state index is 13.1. The Kier molecular flexibility index (Phi) is 7.14. The van der Waals surface area contributed by atoms with E-state index in [-0.39, 0.29) is 28.7 Å². The Morgan fingerprint density at radius 3 is 2.46 bits per heavy atom. The summed E-state index contributed by atoms with van der Waals surface area (Å²) < 4.78 is 50.3. The van der Waals surface area contributed by atoms with Crippen LogP contribution in [-0.4, -0.2) is 35.9 Å². The summed E-state index contributed by atoms with van der Waals surface area (Å²) in [4.78, 5) is 31.4. The van der Waals surface area contributed by atoms with Gasteiger partial charge in [0.15, 0.2) is 0 Å². The monoisotopic (exact) mass is 510 g/mol. The summed E-state index contributed by atoms with van der Waals surface area (Å²) >= 11 is 0. The van der Waals surface area contributed by atoms with E-state index in [2.05, 4.69) is 20.6 Å². The van der Waals surface area contributed by atoms with Gasteiger partial charge in [0, 0.05) is 31.1 Å². The van der Waals surface area contributed by atoms with Crippen LogP contribution >= 0.6 is 0 Å². The molecule has 0 atom stereocenters. The molecular weight excluding hydrogens is 489 g/mol. The minimum Gasteiger partial charge on any atom is -0.495 e. The van der Waals surface area contributed by atoms with E-state index in [0.717, 1.165) is 18.2 Å². The predicted octanol–water partition coefficient (Wildman–Crippen LogP) is 5.51. The number of carbonyl (C=O) groups is 2. The molecule has 2 aromatic carbocycles. The largest absolute Gasteiger partial charge is 0.495 e. The van der Waals surface area contributed by atoms with E-state index in [1.165, 1.54) is 26.4 Å². The van der Waals surface area contributed by atoms with Gasteiger partial charge in [-0.3, -0.25) is 14.6 Å². The summed E-state index contributed by atoms with van der Waals surface area (Å²) in [5, 5.41) is 4.95. The fraction of sp³-hybridized carbons (Fsp3) is 0.115. The first-order valence-electron chi connectivity index (χ1n) is 10.9. The van der Waals surface area contributed by atoms with Crippen LogP contribution in [0.3, 0.4) is 0 Å². The summed E-state index contributed by atoms with van der Waals surface area (Å²) in [6.45, 7) is 0. The van der Waals surface area contributed by atoms with Crippen molar-refractivity contribution in [2.75, 3.05) is 19.5 Å². The van der Waals surface area contributed by atoms with Crippen LogP contribution in [0.5, 0.6) is 17.2 Å². The number of ether oxygens (including phenoxy) is 2. The Labute approximate surface area is 209 Å². The third-order valence-corrected chi connectivity index (χ3v) is 5.30. The standard InChI is InChI=1S/C26H21F3N4O4/c1-30-24(34)22-13-19(8-9-31-22)37-18-5-3-4-15(10-18)16-11-21(32-14-16)25(35)33-20-12-17(26(27,28)29)6-7-23(20)36-2/h3-14,32H,1-2H3,(H,30,34)(H,33,35). The van der Waals surface area contributed by atoms with Crippen molar-refractivity contribution in [1.82, 2.24) is 15.3 Å². The van der Waals surface area contributed by atoms with Gasteiger partial charge in [-0.05, 0) is 48.0 Å². The molecule has 0 saturated carbocycles. The smallest absolute Gasteiger partial charge is 0.416 e. The first-order chi connectivity index (χ1) is 17.7. The number of halogens is 3. The van der Waals surface area contributed by atoms with E-state index < -0.39 is 17.6 Å². The quantitative estimate of drug-likeness (QED) is 0.304. The number of benzene rings is 2. The summed E-state index contributed by atoms with van der Waals surface area (Å²) in [5.74, 6) is -0.00840. The highest BCUT2D eigenvalue weighted by molar-refractivity contribution is 6.04. The van der Waals surface area contributed by atoms with Crippen LogP contribution in [0.1, 0.15) is 26.5 Å². The summed E-state index contributed by atoms with van der Waals surface area (Å²) in [6, 6.07) is 14.5. The molecule has 4 aromatic rings. The van der Waals surface area contributed by atoms with Gasteiger partial charge in [0.25, 0.3) is 11.8 Å². The minimum atomic E-state index is -4.57. The number of hydrogen-bond donors (Lipinski definition) is 3. The van der Waals surface area contributed by atoms with Crippen LogP contribution in [0.2, 0.25) is 0 Å². The molecule has 0 spiro atoms. The van der Waals surface area contributed by atoms with Gasteiger partial charge in [0.05, 0.1) is 18.4 Å². The van der Waals surface area contributed by atoms with Crippen molar-refractivity contribution in [2.45, 2.75) is 6.18 Å². The Morgan fingerprint density at radius 1 is 0.946 bits per heavy atom. The molecule has 0 radical (unpaired) electrons. The number of amides is 2. The lowest BCUT2D eigenvalue weighted by atomic mass is 10.1. The number of anilines is 1. The van der Waals surface area contributed by atoms with Gasteiger partial charge in [-0.25, -0.2) is 0 Å². The average molecular weight is 510 g/mol. The van der Waals surface area contributed by atoms with Crippen LogP contribution in [0.15, 0.2) is 73.1 Å². The molecule has 2 amide bonds. The number of H-pyrrole nitrogens is 1. The number of hydrogen-bond acceptors (Lipinski definition) is 5. The van der Waals surface area contributed by atoms with E-state index in [4.69, 9.17) is 9.47 Å². The number of carbonyl (C=O) groups excluding carboxylic acids is 2. The zero-order valence-corrected chi connectivity index (χ0v) is 19.6. The molecule has 4 rings (SSSR count). The van der Waals surface area contributed by atoms with E-state index in [1.54, 1.807) is 42.6 Å². The van der Waals surface area contributed by atoms with Crippen LogP contribution < -0.4 is 20.1 Å². The minimum absolute atomic E-state index is 0.0914. The van der Waals surface area contributed by atoms with E-state index >= 15 is 0 Å². The molecule has 0 unspecified atom stereocenters. The summed E-state index contributed by atoms with van der Waals surface area (Å²) in [7, 11) is 2.80. The Balaban J connectivity index is 1.52. The fourth-order valence-corrected chi connectivity index (χ4v) is 3.47. The van der Waals surface area contributed by atoms with Gasteiger partial charge in [0.1, 0.15) is 28.6 Å². The first kappa shape index (κ1) is 25.3. The number of nitrogens with one attached hydrogen (secondary N) is 3. The zero-order valence-electron chi connectivity index (χ0n) is 19.6. The molecule has 8 nitrogen and oxygen atoms in total. The summed E-state index contributed by atoms with van der Waals surface area (Å²) in [6.07, 6.45) is -1.52. The molecule has 37 heavy (non-hydrogen) atoms. The molecule has 0 saturated heterocycles. The Hall–Kier alpha value is -4.80. The molecule has 0 aliphatic rings. The van der Waals surface area contributed by atoms with Crippen molar-refractivity contribution in [1.29, 1.82) is 0 Å². The highest BCUT2D eigenvalue weighted by Crippen LogP contribution is 2.35. The second-order valence-electron chi connectivity index (χ2n) is 7.75. The average Bonchev–Trinajstić information content (AvgIpc) is 3.39. The molecule has 11 heteroatoms. The number of alkyl halides is 3. The van der Waals surface area contributed by atoms with Crippen molar-refractivity contribution in [3.05, 3.63) is 90.0 Å². The molecule has 0 aliphatic heterocycles. The molecule has 0 aliphatic carbocycles. The second kappa shape index (κ2) is 10.4. The molecule has 190 valence electrons. The van der Waals surface area contributed by atoms with Gasteiger partial charge >= 0.3 is 6.18 Å². The number of pyridine rings is 1. The highest BCUT2D eigenvalue weighted by atomic mass is 19.4. The van der Waals surface area contributed by atoms with Gasteiger partial charge in [-0.1, -0.05) is 12.1 Å². The predicted molar refractivity (Wildman–Crippen MR) is 130 cm³/mol. The fourth-order valence-electron chi connectivity index (χ4n) is 3.47. The topological polar surface area (TPSA) is 105 Å². The molecule has 0 fully saturated rings. The number of rotatable bonds is 7. The van der Waals surface area contributed by atoms with Crippen LogP contribution in [0, 0.1) is 0 Å². The van der Waals surface area contributed by atoms with E-state index in [9.17, 15) is 22.8 Å². The lowest BCUT2D eigenvalue weighted by Gasteiger charge is -2.13. The maximum Gasteiger partial charge on any atom is 0.416 e. The number of aromatic nitrogens is 2. The molecule has 2 aromatic heterocycles. The first-order valence-corrected chi connectivity index (χ1v) is 10.9. The van der Waals surface area contributed by atoms with Gasteiger partial charge in [-0.2, -0.15) is 13.2 Å². The van der Waals surface area contributed by atoms with Gasteiger partial charge < -0.3 is 25.1 Å². The second-order valence-corrected chi connectivity index (χ2v) is 7.75. The lowest BCUT2D eigenvalue weighted by molar-refractivity contribution is -0.137. The number of methoxy groups -OCH3 is 1. The number of aromatic amines is 1. The van der Waals surface area contributed by atoms with Crippen molar-refractivity contribution in [3.8, 4) is 28.4 Å². The third kappa shape index (κ3) is 5.89. The Bertz CT molecular complexity index is 1450. The molecule has 0 bridgehead atoms. The van der Waals surface area contributed by atoms with Gasteiger partial charge in [-0.15, -0.1) is 0 Å². The molecule has 2 heterocycles. The Morgan fingerprint density at radius 2 is 1.73 bits per heavy atom. The third-order valence-electron chi connectivity index (χ3n) is 5.30. The van der Waals surface area contributed by atoms with E-state index in [0.29, 0.717) is 22.6 Å². The van der Waals surface area contributed by atoms with Gasteiger partial charge in [0.2, 0.25) is 0 Å². The lowest BCUT2D eigenvalue weighted by Crippen LogP contribution is -2.18.